The summed E-state index contributed by atoms with van der Waals surface area (Å²) < 4.78 is 0. The Kier molecular flexibility index (Phi) is 4.79. The Morgan fingerprint density at radius 2 is 1.64 bits per heavy atom. The molecule has 25 heavy (non-hydrogen) atoms. The van der Waals surface area contributed by atoms with Gasteiger partial charge in [-0.2, -0.15) is 0 Å². The molecule has 0 aliphatic carbocycles. The maximum Gasteiger partial charge on any atom is 0.268 e. The lowest BCUT2D eigenvalue weighted by Crippen LogP contribution is -2.36. The standard InChI is InChI=1S/C21H21NO3/c1-3-14(2)16-8-6-7-15(13-16)11-12-19(23)22-20(24)17-9-4-5-10-18(17)21(22)25/h4-10,13-14H,3,11-12H2,1-2H3. The van der Waals surface area contributed by atoms with Crippen molar-refractivity contribution in [1.82, 2.24) is 4.90 Å². The number of hydrogen-bond donors (Lipinski definition) is 0. The van der Waals surface area contributed by atoms with Gasteiger partial charge in [0.05, 0.1) is 11.1 Å². The van der Waals surface area contributed by atoms with Crippen molar-refractivity contribution in [3.63, 3.8) is 0 Å². The summed E-state index contributed by atoms with van der Waals surface area (Å²) in [5.74, 6) is -1.01. The number of imide groups is 3. The Morgan fingerprint density at radius 1 is 1.00 bits per heavy atom. The molecule has 4 nitrogen and oxygen atoms in total. The van der Waals surface area contributed by atoms with Crippen LogP contribution in [0.15, 0.2) is 48.5 Å². The van der Waals surface area contributed by atoms with Crippen LogP contribution in [0.25, 0.3) is 0 Å². The van der Waals surface area contributed by atoms with Gasteiger partial charge in [0, 0.05) is 6.42 Å². The smallest absolute Gasteiger partial charge is 0.268 e. The van der Waals surface area contributed by atoms with Crippen LogP contribution in [0.4, 0.5) is 0 Å². The van der Waals surface area contributed by atoms with Gasteiger partial charge in [0.2, 0.25) is 5.91 Å². The molecule has 1 atom stereocenters. The molecule has 1 unspecified atom stereocenters. The fourth-order valence-corrected chi connectivity index (χ4v) is 3.07. The number of carbonyl (C=O) groups is 3. The summed E-state index contributed by atoms with van der Waals surface area (Å²) in [5, 5.41) is 0. The van der Waals surface area contributed by atoms with Crippen molar-refractivity contribution < 1.29 is 14.4 Å². The summed E-state index contributed by atoms with van der Waals surface area (Å²) in [4.78, 5) is 37.9. The van der Waals surface area contributed by atoms with Crippen LogP contribution in [0.1, 0.15) is 64.4 Å². The van der Waals surface area contributed by atoms with E-state index >= 15 is 0 Å². The number of amides is 3. The fourth-order valence-electron chi connectivity index (χ4n) is 3.07. The zero-order valence-electron chi connectivity index (χ0n) is 14.5. The van der Waals surface area contributed by atoms with Crippen LogP contribution in [0.5, 0.6) is 0 Å². The molecule has 0 N–H and O–H groups in total. The Bertz CT molecular complexity index is 806. The monoisotopic (exact) mass is 335 g/mol. The number of benzene rings is 2. The van der Waals surface area contributed by atoms with Crippen LogP contribution in [0.2, 0.25) is 0 Å². The Morgan fingerprint density at radius 3 is 2.24 bits per heavy atom. The average Bonchev–Trinajstić information content (AvgIpc) is 2.90. The van der Waals surface area contributed by atoms with Crippen molar-refractivity contribution in [3.05, 3.63) is 70.8 Å². The molecule has 3 amide bonds. The lowest BCUT2D eigenvalue weighted by molar-refractivity contribution is -0.126. The lowest BCUT2D eigenvalue weighted by Gasteiger charge is -2.13. The Labute approximate surface area is 147 Å². The highest BCUT2D eigenvalue weighted by Crippen LogP contribution is 2.24. The number of hydrogen-bond acceptors (Lipinski definition) is 3. The van der Waals surface area contributed by atoms with Crippen LogP contribution >= 0.6 is 0 Å². The molecular formula is C21H21NO3. The normalized spacial score (nSPS) is 14.6. The average molecular weight is 335 g/mol. The molecule has 0 bridgehead atoms. The van der Waals surface area contributed by atoms with Gasteiger partial charge in [-0.3, -0.25) is 14.4 Å². The zero-order valence-corrected chi connectivity index (χ0v) is 14.5. The molecule has 3 rings (SSSR count). The fraction of sp³-hybridized carbons (Fsp3) is 0.286. The predicted octanol–water partition coefficient (Wildman–Crippen LogP) is 3.96. The van der Waals surface area contributed by atoms with Gasteiger partial charge in [-0.15, -0.1) is 0 Å². The molecule has 2 aromatic rings. The first-order valence-electron chi connectivity index (χ1n) is 8.62. The summed E-state index contributed by atoms with van der Waals surface area (Å²) >= 11 is 0. The molecule has 2 aromatic carbocycles. The topological polar surface area (TPSA) is 54.5 Å². The first kappa shape index (κ1) is 17.1. The van der Waals surface area contributed by atoms with Crippen molar-refractivity contribution in [2.24, 2.45) is 0 Å². The summed E-state index contributed by atoms with van der Waals surface area (Å²) in [7, 11) is 0. The van der Waals surface area contributed by atoms with E-state index in [1.54, 1.807) is 24.3 Å². The van der Waals surface area contributed by atoms with E-state index in [9.17, 15) is 14.4 Å². The van der Waals surface area contributed by atoms with Crippen molar-refractivity contribution in [2.75, 3.05) is 0 Å². The minimum atomic E-state index is -0.515. The summed E-state index contributed by atoms with van der Waals surface area (Å²) in [6.07, 6.45) is 1.70. The van der Waals surface area contributed by atoms with Crippen LogP contribution in [0, 0.1) is 0 Å². The number of nitrogens with zero attached hydrogens (tertiary/aromatic N) is 1. The number of rotatable bonds is 5. The van der Waals surface area contributed by atoms with Gasteiger partial charge in [0.25, 0.3) is 11.8 Å². The van der Waals surface area contributed by atoms with Crippen LogP contribution in [0.3, 0.4) is 0 Å². The molecule has 0 fully saturated rings. The third-order valence-electron chi connectivity index (χ3n) is 4.80. The first-order chi connectivity index (χ1) is 12.0. The molecule has 1 aliphatic rings. The van der Waals surface area contributed by atoms with Crippen molar-refractivity contribution >= 4 is 17.7 Å². The van der Waals surface area contributed by atoms with Crippen molar-refractivity contribution in [2.45, 2.75) is 39.0 Å². The second-order valence-corrected chi connectivity index (χ2v) is 6.44. The predicted molar refractivity (Wildman–Crippen MR) is 95.4 cm³/mol. The molecule has 1 aliphatic heterocycles. The third kappa shape index (κ3) is 3.25. The largest absolute Gasteiger partial charge is 0.274 e. The van der Waals surface area contributed by atoms with Gasteiger partial charge in [-0.25, -0.2) is 4.90 Å². The van der Waals surface area contributed by atoms with Crippen LogP contribution in [-0.2, 0) is 11.2 Å². The van der Waals surface area contributed by atoms with Gasteiger partial charge in [-0.05, 0) is 42.0 Å². The second kappa shape index (κ2) is 7.01. The Hall–Kier alpha value is -2.75. The molecule has 1 heterocycles. The van der Waals surface area contributed by atoms with Gasteiger partial charge >= 0.3 is 0 Å². The van der Waals surface area contributed by atoms with E-state index in [0.717, 1.165) is 16.9 Å². The van der Waals surface area contributed by atoms with E-state index < -0.39 is 17.7 Å². The number of carbonyl (C=O) groups excluding carboxylic acids is 3. The highest BCUT2D eigenvalue weighted by atomic mass is 16.2. The van der Waals surface area contributed by atoms with Crippen molar-refractivity contribution in [3.8, 4) is 0 Å². The first-order valence-corrected chi connectivity index (χ1v) is 8.62. The third-order valence-corrected chi connectivity index (χ3v) is 4.80. The molecule has 0 saturated carbocycles. The maximum atomic E-state index is 12.5. The molecule has 4 heteroatoms. The number of aryl methyl sites for hydroxylation is 1. The summed E-state index contributed by atoms with van der Waals surface area (Å²) in [6, 6.07) is 14.7. The van der Waals surface area contributed by atoms with E-state index in [2.05, 4.69) is 26.0 Å². The molecule has 0 aromatic heterocycles. The van der Waals surface area contributed by atoms with E-state index in [-0.39, 0.29) is 6.42 Å². The SMILES string of the molecule is CCC(C)c1cccc(CCC(=O)N2C(=O)c3ccccc3C2=O)c1. The quantitative estimate of drug-likeness (QED) is 0.777. The highest BCUT2D eigenvalue weighted by molar-refractivity contribution is 6.28. The molecular weight excluding hydrogens is 314 g/mol. The van der Waals surface area contributed by atoms with Gasteiger partial charge in [0.1, 0.15) is 0 Å². The zero-order chi connectivity index (χ0) is 18.0. The van der Waals surface area contributed by atoms with E-state index in [0.29, 0.717) is 23.5 Å². The minimum Gasteiger partial charge on any atom is -0.274 e. The number of fused-ring (bicyclic) bond motifs is 1. The second-order valence-electron chi connectivity index (χ2n) is 6.44. The molecule has 0 spiro atoms. The molecule has 0 saturated heterocycles. The molecule has 0 radical (unpaired) electrons. The minimum absolute atomic E-state index is 0.134. The van der Waals surface area contributed by atoms with Gasteiger partial charge in [0.15, 0.2) is 0 Å². The molecule has 128 valence electrons. The van der Waals surface area contributed by atoms with E-state index in [1.807, 2.05) is 12.1 Å². The Balaban J connectivity index is 1.70. The van der Waals surface area contributed by atoms with Crippen LogP contribution in [-0.4, -0.2) is 22.6 Å². The lowest BCUT2D eigenvalue weighted by atomic mass is 9.96. The van der Waals surface area contributed by atoms with Gasteiger partial charge < -0.3 is 0 Å². The summed E-state index contributed by atoms with van der Waals surface area (Å²) in [5.41, 5.74) is 2.90. The summed E-state index contributed by atoms with van der Waals surface area (Å²) in [6.45, 7) is 4.31. The van der Waals surface area contributed by atoms with Crippen molar-refractivity contribution in [1.29, 1.82) is 0 Å². The van der Waals surface area contributed by atoms with Gasteiger partial charge in [-0.1, -0.05) is 50.2 Å². The van der Waals surface area contributed by atoms with Crippen LogP contribution < -0.4 is 0 Å². The highest BCUT2D eigenvalue weighted by Gasteiger charge is 2.39. The maximum absolute atomic E-state index is 12.5. The van der Waals surface area contributed by atoms with E-state index in [1.165, 1.54) is 5.56 Å². The van der Waals surface area contributed by atoms with E-state index in [4.69, 9.17) is 0 Å².